The van der Waals surface area contributed by atoms with Crippen molar-refractivity contribution in [3.05, 3.63) is 58.9 Å². The molecular weight excluding hydrogens is 363 g/mol. The molecule has 6 nitrogen and oxygen atoms in total. The summed E-state index contributed by atoms with van der Waals surface area (Å²) in [5, 5.41) is 12.8. The van der Waals surface area contributed by atoms with Gasteiger partial charge in [0, 0.05) is 17.2 Å². The van der Waals surface area contributed by atoms with Crippen molar-refractivity contribution in [3.8, 4) is 11.5 Å². The number of nitrogens with two attached hydrogens (primary N) is 1. The number of phenols is 1. The van der Waals surface area contributed by atoms with Crippen LogP contribution >= 0.6 is 0 Å². The van der Waals surface area contributed by atoms with Gasteiger partial charge in [0.15, 0.2) is 17.3 Å². The van der Waals surface area contributed by atoms with E-state index in [1.54, 1.807) is 0 Å². The number of halogens is 1. The van der Waals surface area contributed by atoms with Crippen LogP contribution in [0.5, 0.6) is 11.5 Å². The van der Waals surface area contributed by atoms with Crippen LogP contribution < -0.4 is 15.8 Å². The lowest BCUT2D eigenvalue weighted by atomic mass is 10.00. The summed E-state index contributed by atoms with van der Waals surface area (Å²) >= 11 is 0. The highest BCUT2D eigenvalue weighted by Crippen LogP contribution is 2.30. The van der Waals surface area contributed by atoms with Crippen LogP contribution in [0, 0.1) is 5.82 Å². The van der Waals surface area contributed by atoms with Gasteiger partial charge in [-0.2, -0.15) is 0 Å². The minimum absolute atomic E-state index is 0.00775. The minimum Gasteiger partial charge on any atom is -0.507 e. The average Bonchev–Trinajstić information content (AvgIpc) is 2.68. The highest BCUT2D eigenvalue weighted by atomic mass is 19.1. The topological polar surface area (TPSA) is 102 Å². The lowest BCUT2D eigenvalue weighted by Crippen LogP contribution is -2.36. The summed E-state index contributed by atoms with van der Waals surface area (Å²) in [5.74, 6) is -2.51. The second-order valence-corrected chi connectivity index (χ2v) is 6.42. The highest BCUT2D eigenvalue weighted by Gasteiger charge is 2.22. The molecule has 0 bridgehead atoms. The van der Waals surface area contributed by atoms with E-state index in [0.717, 1.165) is 12.8 Å². The molecule has 1 amide bonds. The molecule has 0 saturated heterocycles. The van der Waals surface area contributed by atoms with E-state index >= 15 is 0 Å². The Hall–Kier alpha value is -2.93. The van der Waals surface area contributed by atoms with Gasteiger partial charge in [-0.3, -0.25) is 9.59 Å². The molecule has 4 N–H and O–H groups in total. The molecule has 1 unspecified atom stereocenters. The van der Waals surface area contributed by atoms with E-state index in [4.69, 9.17) is 10.5 Å². The Kier molecular flexibility index (Phi) is 7.52. The third-order valence-electron chi connectivity index (χ3n) is 4.43. The Balaban J connectivity index is 2.20. The molecule has 0 radical (unpaired) electrons. The lowest BCUT2D eigenvalue weighted by molar-refractivity contribution is 0.0931. The van der Waals surface area contributed by atoms with Crippen LogP contribution in [0.3, 0.4) is 0 Å². The van der Waals surface area contributed by atoms with E-state index in [2.05, 4.69) is 5.32 Å². The molecule has 7 heteroatoms. The zero-order chi connectivity index (χ0) is 20.7. The van der Waals surface area contributed by atoms with Crippen LogP contribution in [0.25, 0.3) is 0 Å². The monoisotopic (exact) mass is 388 g/mol. The fraction of sp³-hybridized carbons (Fsp3) is 0.333. The Bertz CT molecular complexity index is 831. The number of ether oxygens (including phenoxy) is 1. The Morgan fingerprint density at radius 3 is 2.36 bits per heavy atom. The first-order valence-electron chi connectivity index (χ1n) is 9.14. The molecule has 0 aliphatic rings. The minimum atomic E-state index is -0.932. The predicted molar refractivity (Wildman–Crippen MR) is 104 cm³/mol. The molecule has 1 atom stereocenters. The quantitative estimate of drug-likeness (QED) is 0.573. The van der Waals surface area contributed by atoms with E-state index in [1.807, 2.05) is 6.92 Å². The van der Waals surface area contributed by atoms with Crippen molar-refractivity contribution in [3.63, 3.8) is 0 Å². The number of amides is 1. The van der Waals surface area contributed by atoms with Crippen molar-refractivity contribution in [2.24, 2.45) is 5.73 Å². The number of benzene rings is 2. The molecule has 0 aliphatic heterocycles. The number of carbonyl (C=O) groups excluding carboxylic acids is 2. The maximum atomic E-state index is 14.4. The summed E-state index contributed by atoms with van der Waals surface area (Å²) in [6.07, 6.45) is 2.44. The van der Waals surface area contributed by atoms with Gasteiger partial charge >= 0.3 is 0 Å². The van der Waals surface area contributed by atoms with Crippen LogP contribution in [0.1, 0.15) is 52.5 Å². The fourth-order valence-corrected chi connectivity index (χ4v) is 2.94. The molecule has 0 aliphatic carbocycles. The first kappa shape index (κ1) is 21.4. The molecule has 2 aromatic rings. The highest BCUT2D eigenvalue weighted by molar-refractivity contribution is 6.11. The molecule has 2 rings (SSSR count). The van der Waals surface area contributed by atoms with E-state index in [-0.39, 0.29) is 23.3 Å². The van der Waals surface area contributed by atoms with Gasteiger partial charge in [-0.05, 0) is 43.7 Å². The van der Waals surface area contributed by atoms with Gasteiger partial charge in [0.05, 0.1) is 7.11 Å². The van der Waals surface area contributed by atoms with E-state index in [9.17, 15) is 19.1 Å². The lowest BCUT2D eigenvalue weighted by Gasteiger charge is -2.17. The summed E-state index contributed by atoms with van der Waals surface area (Å²) in [5.41, 5.74) is 5.63. The molecule has 150 valence electrons. The SMILES string of the molecule is CCCC(CCN)NC(=O)c1ccc(C(=O)c2c(O)ccc(OC)c2F)cc1. The summed E-state index contributed by atoms with van der Waals surface area (Å²) in [6, 6.07) is 8.25. The smallest absolute Gasteiger partial charge is 0.251 e. The van der Waals surface area contributed by atoms with Crippen molar-refractivity contribution in [1.82, 2.24) is 5.32 Å². The maximum Gasteiger partial charge on any atom is 0.251 e. The molecule has 28 heavy (non-hydrogen) atoms. The molecule has 0 fully saturated rings. The van der Waals surface area contributed by atoms with Crippen LogP contribution in [0.4, 0.5) is 4.39 Å². The normalized spacial score (nSPS) is 11.7. The van der Waals surface area contributed by atoms with Crippen molar-refractivity contribution in [1.29, 1.82) is 0 Å². The van der Waals surface area contributed by atoms with E-state index in [1.165, 1.54) is 43.5 Å². The summed E-state index contributed by atoms with van der Waals surface area (Å²) in [6.45, 7) is 2.51. The number of methoxy groups -OCH3 is 1. The Labute approximate surface area is 163 Å². The van der Waals surface area contributed by atoms with Crippen LogP contribution in [-0.2, 0) is 0 Å². The van der Waals surface area contributed by atoms with Gasteiger partial charge in [-0.1, -0.05) is 25.5 Å². The number of aromatic hydroxyl groups is 1. The predicted octanol–water partition coefficient (Wildman–Crippen LogP) is 3.02. The van der Waals surface area contributed by atoms with Crippen molar-refractivity contribution >= 4 is 11.7 Å². The summed E-state index contributed by atoms with van der Waals surface area (Å²) in [7, 11) is 1.27. The largest absolute Gasteiger partial charge is 0.507 e. The van der Waals surface area contributed by atoms with Gasteiger partial charge in [0.1, 0.15) is 11.3 Å². The zero-order valence-electron chi connectivity index (χ0n) is 16.0. The molecule has 0 aromatic heterocycles. The molecule has 0 heterocycles. The first-order chi connectivity index (χ1) is 13.4. The molecular formula is C21H25FN2O4. The second kappa shape index (κ2) is 9.85. The molecule has 0 spiro atoms. The van der Waals surface area contributed by atoms with Gasteiger partial charge in [-0.25, -0.2) is 4.39 Å². The number of hydrogen-bond acceptors (Lipinski definition) is 5. The van der Waals surface area contributed by atoms with E-state index in [0.29, 0.717) is 18.5 Å². The average molecular weight is 388 g/mol. The summed E-state index contributed by atoms with van der Waals surface area (Å²) < 4.78 is 19.2. The van der Waals surface area contributed by atoms with Crippen LogP contribution in [0.2, 0.25) is 0 Å². The van der Waals surface area contributed by atoms with Crippen LogP contribution in [0.15, 0.2) is 36.4 Å². The van der Waals surface area contributed by atoms with Gasteiger partial charge in [-0.15, -0.1) is 0 Å². The Morgan fingerprint density at radius 1 is 1.14 bits per heavy atom. The van der Waals surface area contributed by atoms with Crippen molar-refractivity contribution < 1.29 is 23.8 Å². The van der Waals surface area contributed by atoms with Gasteiger partial charge < -0.3 is 20.9 Å². The number of rotatable bonds is 9. The van der Waals surface area contributed by atoms with E-state index < -0.39 is 22.9 Å². The number of ketones is 1. The third kappa shape index (κ3) is 4.86. The van der Waals surface area contributed by atoms with Crippen molar-refractivity contribution in [2.75, 3.05) is 13.7 Å². The number of nitrogens with one attached hydrogen (secondary N) is 1. The fourth-order valence-electron chi connectivity index (χ4n) is 2.94. The first-order valence-corrected chi connectivity index (χ1v) is 9.14. The standard InChI is InChI=1S/C21H25FN2O4/c1-3-4-15(11-12-23)24-21(27)14-7-5-13(6-8-14)20(26)18-16(25)9-10-17(28-2)19(18)22/h5-10,15,25H,3-4,11-12,23H2,1-2H3,(H,24,27). The second-order valence-electron chi connectivity index (χ2n) is 6.42. The van der Waals surface area contributed by atoms with Crippen LogP contribution in [-0.4, -0.2) is 36.5 Å². The number of hydrogen-bond donors (Lipinski definition) is 3. The van der Waals surface area contributed by atoms with Gasteiger partial charge in [0.2, 0.25) is 0 Å². The Morgan fingerprint density at radius 2 is 1.79 bits per heavy atom. The van der Waals surface area contributed by atoms with Gasteiger partial charge in [0.25, 0.3) is 5.91 Å². The number of carbonyl (C=O) groups is 2. The summed E-state index contributed by atoms with van der Waals surface area (Å²) in [4.78, 5) is 25.0. The third-order valence-corrected chi connectivity index (χ3v) is 4.43. The maximum absolute atomic E-state index is 14.4. The molecule has 0 saturated carbocycles. The molecule has 2 aromatic carbocycles. The van der Waals surface area contributed by atoms with Crippen molar-refractivity contribution in [2.45, 2.75) is 32.2 Å². The zero-order valence-corrected chi connectivity index (χ0v) is 16.0. The number of phenolic OH excluding ortho intramolecular Hbond substituents is 1.